The lowest BCUT2D eigenvalue weighted by atomic mass is 10.4. The van der Waals surface area contributed by atoms with Crippen molar-refractivity contribution >= 4 is 11.8 Å². The fourth-order valence-electron chi connectivity index (χ4n) is 0.849. The van der Waals surface area contributed by atoms with Crippen LogP contribution in [0.15, 0.2) is 28.2 Å². The van der Waals surface area contributed by atoms with E-state index in [4.69, 9.17) is 5.73 Å². The molecule has 0 aromatic carbocycles. The third-order valence-corrected chi connectivity index (χ3v) is 2.57. The van der Waals surface area contributed by atoms with Gasteiger partial charge in [0, 0.05) is 24.1 Å². The lowest BCUT2D eigenvalue weighted by Crippen LogP contribution is -2.09. The minimum absolute atomic E-state index is 0.127. The first-order valence-electron chi connectivity index (χ1n) is 4.19. The Kier molecular flexibility index (Phi) is 3.91. The number of rotatable bonds is 4. The van der Waals surface area contributed by atoms with Crippen molar-refractivity contribution < 1.29 is 0 Å². The summed E-state index contributed by atoms with van der Waals surface area (Å²) in [6.07, 6.45) is 0. The molecule has 0 bridgehead atoms. The monoisotopic (exact) mass is 211 g/mol. The highest BCUT2D eigenvalue weighted by molar-refractivity contribution is 7.99. The number of hydrogen-bond donors (Lipinski definition) is 2. The van der Waals surface area contributed by atoms with E-state index in [0.29, 0.717) is 17.5 Å². The molecule has 3 N–H and O–H groups in total. The van der Waals surface area contributed by atoms with Crippen LogP contribution in [-0.2, 0) is 0 Å². The molecule has 1 aromatic heterocycles. The van der Waals surface area contributed by atoms with Gasteiger partial charge in [-0.1, -0.05) is 23.9 Å². The Bertz CT molecular complexity index is 386. The number of nitrogens with one attached hydrogen (secondary N) is 1. The van der Waals surface area contributed by atoms with Crippen molar-refractivity contribution in [2.45, 2.75) is 12.1 Å². The van der Waals surface area contributed by atoms with Crippen molar-refractivity contribution in [1.82, 2.24) is 9.97 Å². The Morgan fingerprint density at radius 1 is 1.79 bits per heavy atom. The van der Waals surface area contributed by atoms with Crippen LogP contribution in [0.3, 0.4) is 0 Å². The standard InChI is InChI=1S/C9H13N3OS/c1-6(4-10)5-14-9-11-7(2)3-8(13)12-9/h3H,1,4-5,10H2,2H3,(H,11,12,13). The minimum atomic E-state index is -0.127. The topological polar surface area (TPSA) is 71.8 Å². The van der Waals surface area contributed by atoms with Crippen LogP contribution in [0.2, 0.25) is 0 Å². The average Bonchev–Trinajstić information content (AvgIpc) is 2.12. The lowest BCUT2D eigenvalue weighted by molar-refractivity contribution is 0.906. The molecule has 0 atom stereocenters. The minimum Gasteiger partial charge on any atom is -0.327 e. The summed E-state index contributed by atoms with van der Waals surface area (Å²) in [5.41, 5.74) is 6.91. The van der Waals surface area contributed by atoms with Gasteiger partial charge in [0.2, 0.25) is 0 Å². The van der Waals surface area contributed by atoms with Gasteiger partial charge >= 0.3 is 0 Å². The van der Waals surface area contributed by atoms with Crippen LogP contribution < -0.4 is 11.3 Å². The second-order valence-electron chi connectivity index (χ2n) is 2.93. The van der Waals surface area contributed by atoms with Crippen LogP contribution in [0.25, 0.3) is 0 Å². The molecular weight excluding hydrogens is 198 g/mol. The second-order valence-corrected chi connectivity index (χ2v) is 3.90. The first-order chi connectivity index (χ1) is 6.61. The number of thioether (sulfide) groups is 1. The van der Waals surface area contributed by atoms with E-state index in [1.165, 1.54) is 17.8 Å². The predicted octanol–water partition coefficient (Wildman–Crippen LogP) is 0.685. The predicted molar refractivity (Wildman–Crippen MR) is 58.5 cm³/mol. The molecule has 0 radical (unpaired) electrons. The normalized spacial score (nSPS) is 10.1. The van der Waals surface area contributed by atoms with Gasteiger partial charge in [-0.05, 0) is 6.92 Å². The van der Waals surface area contributed by atoms with E-state index < -0.39 is 0 Å². The van der Waals surface area contributed by atoms with Crippen molar-refractivity contribution in [2.75, 3.05) is 12.3 Å². The molecule has 1 aromatic rings. The summed E-state index contributed by atoms with van der Waals surface area (Å²) < 4.78 is 0. The van der Waals surface area contributed by atoms with E-state index in [0.717, 1.165) is 11.3 Å². The number of nitrogens with two attached hydrogens (primary N) is 1. The fraction of sp³-hybridized carbons (Fsp3) is 0.333. The quantitative estimate of drug-likeness (QED) is 0.436. The van der Waals surface area contributed by atoms with Crippen LogP contribution in [0, 0.1) is 6.92 Å². The van der Waals surface area contributed by atoms with Crippen LogP contribution in [0.5, 0.6) is 0 Å². The van der Waals surface area contributed by atoms with E-state index in [1.54, 1.807) is 6.92 Å². The number of aromatic nitrogens is 2. The largest absolute Gasteiger partial charge is 0.327 e. The molecule has 0 spiro atoms. The maximum atomic E-state index is 11.1. The van der Waals surface area contributed by atoms with Crippen LogP contribution in [0.1, 0.15) is 5.69 Å². The van der Waals surface area contributed by atoms with Gasteiger partial charge in [-0.15, -0.1) is 0 Å². The van der Waals surface area contributed by atoms with Gasteiger partial charge in [0.15, 0.2) is 5.16 Å². The zero-order valence-corrected chi connectivity index (χ0v) is 8.86. The molecule has 0 aliphatic heterocycles. The maximum absolute atomic E-state index is 11.1. The molecule has 0 aliphatic rings. The summed E-state index contributed by atoms with van der Waals surface area (Å²) in [4.78, 5) is 17.9. The molecule has 0 unspecified atom stereocenters. The van der Waals surface area contributed by atoms with E-state index in [9.17, 15) is 4.79 Å². The van der Waals surface area contributed by atoms with Crippen molar-refractivity contribution in [1.29, 1.82) is 0 Å². The SMILES string of the molecule is C=C(CN)CSc1nc(C)cc(=O)[nH]1. The third-order valence-electron chi connectivity index (χ3n) is 1.55. The third kappa shape index (κ3) is 3.35. The van der Waals surface area contributed by atoms with Crippen molar-refractivity contribution in [2.24, 2.45) is 5.73 Å². The summed E-state index contributed by atoms with van der Waals surface area (Å²) in [6, 6.07) is 1.46. The summed E-state index contributed by atoms with van der Waals surface area (Å²) in [7, 11) is 0. The Hall–Kier alpha value is -1.07. The summed E-state index contributed by atoms with van der Waals surface area (Å²) >= 11 is 1.44. The Morgan fingerprint density at radius 2 is 2.50 bits per heavy atom. The van der Waals surface area contributed by atoms with E-state index in [2.05, 4.69) is 16.5 Å². The van der Waals surface area contributed by atoms with Crippen molar-refractivity contribution in [3.05, 3.63) is 34.3 Å². The van der Waals surface area contributed by atoms with Gasteiger partial charge in [-0.25, -0.2) is 4.98 Å². The zero-order valence-electron chi connectivity index (χ0n) is 8.04. The molecule has 0 saturated heterocycles. The van der Waals surface area contributed by atoms with Gasteiger partial charge in [0.1, 0.15) is 0 Å². The maximum Gasteiger partial charge on any atom is 0.251 e. The average molecular weight is 211 g/mol. The van der Waals surface area contributed by atoms with Crippen molar-refractivity contribution in [3.8, 4) is 0 Å². The number of aromatic amines is 1. The van der Waals surface area contributed by atoms with Gasteiger partial charge in [0.25, 0.3) is 5.56 Å². The van der Waals surface area contributed by atoms with Crippen LogP contribution in [0.4, 0.5) is 0 Å². The van der Waals surface area contributed by atoms with Gasteiger partial charge in [-0.2, -0.15) is 0 Å². The van der Waals surface area contributed by atoms with Crippen LogP contribution >= 0.6 is 11.8 Å². The van der Waals surface area contributed by atoms with Crippen LogP contribution in [-0.4, -0.2) is 22.3 Å². The molecule has 1 rings (SSSR count). The van der Waals surface area contributed by atoms with E-state index in [1.807, 2.05) is 0 Å². The second kappa shape index (κ2) is 4.97. The highest BCUT2D eigenvalue weighted by Crippen LogP contribution is 2.13. The van der Waals surface area contributed by atoms with Gasteiger partial charge in [0.05, 0.1) is 0 Å². The molecule has 0 aliphatic carbocycles. The number of hydrogen-bond acceptors (Lipinski definition) is 4. The number of nitrogens with zero attached hydrogens (tertiary/aromatic N) is 1. The Balaban J connectivity index is 2.68. The number of H-pyrrole nitrogens is 1. The smallest absolute Gasteiger partial charge is 0.251 e. The zero-order chi connectivity index (χ0) is 10.6. The number of aryl methyl sites for hydroxylation is 1. The molecule has 0 amide bonds. The van der Waals surface area contributed by atoms with E-state index >= 15 is 0 Å². The molecule has 0 fully saturated rings. The molecule has 76 valence electrons. The molecule has 4 nitrogen and oxygen atoms in total. The molecule has 0 saturated carbocycles. The molecule has 1 heterocycles. The Labute approximate surface area is 86.6 Å². The molecule has 5 heteroatoms. The van der Waals surface area contributed by atoms with Gasteiger partial charge < -0.3 is 10.7 Å². The summed E-state index contributed by atoms with van der Waals surface area (Å²) in [5.74, 6) is 0.683. The Morgan fingerprint density at radius 3 is 3.07 bits per heavy atom. The summed E-state index contributed by atoms with van der Waals surface area (Å²) in [6.45, 7) is 6.02. The summed E-state index contributed by atoms with van der Waals surface area (Å²) in [5, 5.41) is 0.615. The highest BCUT2D eigenvalue weighted by atomic mass is 32.2. The molecule has 14 heavy (non-hydrogen) atoms. The first-order valence-corrected chi connectivity index (χ1v) is 5.18. The highest BCUT2D eigenvalue weighted by Gasteiger charge is 1.99. The van der Waals surface area contributed by atoms with E-state index in [-0.39, 0.29) is 5.56 Å². The van der Waals surface area contributed by atoms with Gasteiger partial charge in [-0.3, -0.25) is 4.79 Å². The molecular formula is C9H13N3OS. The first kappa shape index (κ1) is 11.0. The van der Waals surface area contributed by atoms with Crippen molar-refractivity contribution in [3.63, 3.8) is 0 Å². The fourth-order valence-corrected chi connectivity index (χ4v) is 1.69. The lowest BCUT2D eigenvalue weighted by Gasteiger charge is -2.02.